The van der Waals surface area contributed by atoms with Gasteiger partial charge < -0.3 is 30.1 Å². The summed E-state index contributed by atoms with van der Waals surface area (Å²) in [6.07, 6.45) is 1.87. The second kappa shape index (κ2) is 11.3. The van der Waals surface area contributed by atoms with E-state index < -0.39 is 15.9 Å². The van der Waals surface area contributed by atoms with Gasteiger partial charge in [0.1, 0.15) is 29.8 Å². The van der Waals surface area contributed by atoms with Gasteiger partial charge in [-0.25, -0.2) is 18.4 Å². The highest BCUT2D eigenvalue weighted by atomic mass is 32.2. The molecule has 1 unspecified atom stereocenters. The number of hydrogen-bond acceptors (Lipinski definition) is 11. The number of aliphatic hydroxyl groups excluding tert-OH is 1. The van der Waals surface area contributed by atoms with E-state index in [9.17, 15) is 18.3 Å². The van der Waals surface area contributed by atoms with Gasteiger partial charge in [0, 0.05) is 69.3 Å². The van der Waals surface area contributed by atoms with Crippen molar-refractivity contribution in [1.29, 1.82) is 0 Å². The van der Waals surface area contributed by atoms with Crippen LogP contribution in [0.15, 0.2) is 35.5 Å². The summed E-state index contributed by atoms with van der Waals surface area (Å²) in [7, 11) is -1.82. The van der Waals surface area contributed by atoms with E-state index in [-0.39, 0.29) is 34.9 Å². The van der Waals surface area contributed by atoms with Crippen LogP contribution in [0, 0.1) is 0 Å². The molecule has 3 N–H and O–H groups in total. The molecule has 0 bridgehead atoms. The van der Waals surface area contributed by atoms with Gasteiger partial charge in [-0.2, -0.15) is 5.10 Å². The molecule has 0 spiro atoms. The average molecular weight is 546 g/mol. The van der Waals surface area contributed by atoms with Crippen molar-refractivity contribution in [1.82, 2.24) is 19.7 Å². The van der Waals surface area contributed by atoms with E-state index in [1.54, 1.807) is 23.9 Å². The molecule has 14 heteroatoms. The Morgan fingerprint density at radius 1 is 1.21 bits per heavy atom. The number of nitrogens with zero attached hydrogens (tertiary/aromatic N) is 5. The predicted molar refractivity (Wildman–Crippen MR) is 142 cm³/mol. The lowest BCUT2D eigenvalue weighted by Crippen LogP contribution is -2.37. The molecule has 0 aromatic carbocycles. The van der Waals surface area contributed by atoms with Crippen LogP contribution < -0.4 is 20.3 Å². The fourth-order valence-electron chi connectivity index (χ4n) is 3.86. The monoisotopic (exact) mass is 545 g/mol. The second-order valence-electron chi connectivity index (χ2n) is 8.99. The van der Waals surface area contributed by atoms with E-state index in [1.165, 1.54) is 19.1 Å². The number of amides is 1. The first kappa shape index (κ1) is 27.3. The van der Waals surface area contributed by atoms with Crippen molar-refractivity contribution in [3.63, 3.8) is 0 Å². The molecular formula is C24H31N7O6S. The Labute approximate surface area is 220 Å². The van der Waals surface area contributed by atoms with Crippen LogP contribution in [-0.2, 0) is 26.4 Å². The lowest BCUT2D eigenvalue weighted by atomic mass is 10.1. The van der Waals surface area contributed by atoms with Gasteiger partial charge in [-0.1, -0.05) is 0 Å². The highest BCUT2D eigenvalue weighted by Gasteiger charge is 2.20. The summed E-state index contributed by atoms with van der Waals surface area (Å²) in [5, 5.41) is 19.9. The summed E-state index contributed by atoms with van der Waals surface area (Å²) in [6, 6.07) is 6.37. The number of nitrogens with one attached hydrogen (secondary N) is 2. The topological polar surface area (TPSA) is 161 Å². The number of morpholine rings is 1. The van der Waals surface area contributed by atoms with Crippen molar-refractivity contribution in [3.8, 4) is 17.0 Å². The van der Waals surface area contributed by atoms with Gasteiger partial charge in [-0.05, 0) is 6.92 Å². The van der Waals surface area contributed by atoms with Crippen LogP contribution >= 0.6 is 0 Å². The van der Waals surface area contributed by atoms with Gasteiger partial charge in [0.2, 0.25) is 5.91 Å². The maximum atomic E-state index is 12.3. The summed E-state index contributed by atoms with van der Waals surface area (Å²) in [5.74, 6) is 1.30. The van der Waals surface area contributed by atoms with Crippen LogP contribution in [0.1, 0.15) is 13.8 Å². The number of pyridine rings is 2. The fourth-order valence-corrected chi connectivity index (χ4v) is 4.46. The van der Waals surface area contributed by atoms with E-state index in [2.05, 4.69) is 30.6 Å². The largest absolute Gasteiger partial charge is 0.491 e. The molecule has 1 saturated heterocycles. The molecule has 4 heterocycles. The molecule has 13 nitrogen and oxygen atoms in total. The number of ether oxygens (including phenoxy) is 2. The quantitative estimate of drug-likeness (QED) is 0.358. The van der Waals surface area contributed by atoms with Gasteiger partial charge in [-0.15, -0.1) is 0 Å². The molecule has 1 aliphatic heterocycles. The Morgan fingerprint density at radius 2 is 1.95 bits per heavy atom. The zero-order valence-electron chi connectivity index (χ0n) is 21.6. The Hall–Kier alpha value is -3.75. The molecule has 1 atom stereocenters. The van der Waals surface area contributed by atoms with E-state index in [0.717, 1.165) is 25.2 Å². The second-order valence-corrected chi connectivity index (χ2v) is 11.0. The third-order valence-corrected chi connectivity index (χ3v) is 6.55. The summed E-state index contributed by atoms with van der Waals surface area (Å²) >= 11 is 0. The summed E-state index contributed by atoms with van der Waals surface area (Å²) < 4.78 is 37.4. The van der Waals surface area contributed by atoms with Crippen molar-refractivity contribution in [2.45, 2.75) is 25.0 Å². The smallest absolute Gasteiger partial charge is 0.222 e. The number of aromatic nitrogens is 4. The van der Waals surface area contributed by atoms with Gasteiger partial charge >= 0.3 is 0 Å². The zero-order valence-corrected chi connectivity index (χ0v) is 22.4. The summed E-state index contributed by atoms with van der Waals surface area (Å²) in [4.78, 5) is 22.4. The highest BCUT2D eigenvalue weighted by molar-refractivity contribution is 7.90. The van der Waals surface area contributed by atoms with E-state index in [4.69, 9.17) is 9.47 Å². The summed E-state index contributed by atoms with van der Waals surface area (Å²) in [5.41, 5.74) is 1.70. The SMILES string of the molecule is CC(=O)Nc1cc(Nc2cc(OCC(C)O)cc(S(C)(=O)=O)n2)c(-c2cc(N3CCOCC3)n(C)n2)cn1. The average Bonchev–Trinajstić information content (AvgIpc) is 3.23. The minimum Gasteiger partial charge on any atom is -0.491 e. The van der Waals surface area contributed by atoms with Crippen LogP contribution in [0.2, 0.25) is 0 Å². The Morgan fingerprint density at radius 3 is 2.61 bits per heavy atom. The van der Waals surface area contributed by atoms with Crippen molar-refractivity contribution in [3.05, 3.63) is 30.5 Å². The van der Waals surface area contributed by atoms with Crippen LogP contribution in [0.3, 0.4) is 0 Å². The lowest BCUT2D eigenvalue weighted by Gasteiger charge is -2.28. The van der Waals surface area contributed by atoms with E-state index in [1.807, 2.05) is 13.1 Å². The molecule has 38 heavy (non-hydrogen) atoms. The number of anilines is 4. The van der Waals surface area contributed by atoms with E-state index >= 15 is 0 Å². The number of aliphatic hydroxyl groups is 1. The molecule has 3 aromatic heterocycles. The Kier molecular flexibility index (Phi) is 8.14. The minimum absolute atomic E-state index is 0.0297. The van der Waals surface area contributed by atoms with Gasteiger partial charge in [-0.3, -0.25) is 9.48 Å². The molecular weight excluding hydrogens is 514 g/mol. The predicted octanol–water partition coefficient (Wildman–Crippen LogP) is 1.58. The normalized spacial score (nSPS) is 14.7. The molecule has 1 aliphatic rings. The van der Waals surface area contributed by atoms with Crippen molar-refractivity contribution in [2.24, 2.45) is 7.05 Å². The minimum atomic E-state index is -3.67. The van der Waals surface area contributed by atoms with E-state index in [0.29, 0.717) is 30.2 Å². The maximum absolute atomic E-state index is 12.3. The first-order valence-electron chi connectivity index (χ1n) is 11.9. The molecule has 0 aliphatic carbocycles. The lowest BCUT2D eigenvalue weighted by molar-refractivity contribution is -0.114. The third kappa shape index (κ3) is 6.76. The number of aryl methyl sites for hydroxylation is 1. The molecule has 3 aromatic rings. The maximum Gasteiger partial charge on any atom is 0.222 e. The molecule has 1 amide bonds. The van der Waals surface area contributed by atoms with Crippen LogP contribution in [-0.4, -0.2) is 84.4 Å². The zero-order chi connectivity index (χ0) is 27.4. The molecule has 4 rings (SSSR count). The molecule has 204 valence electrons. The van der Waals surface area contributed by atoms with Gasteiger partial charge in [0.25, 0.3) is 0 Å². The molecule has 0 saturated carbocycles. The molecule has 0 radical (unpaired) electrons. The third-order valence-electron chi connectivity index (χ3n) is 5.58. The van der Waals surface area contributed by atoms with Gasteiger partial charge in [0.15, 0.2) is 14.9 Å². The van der Waals surface area contributed by atoms with Crippen molar-refractivity contribution < 1.29 is 27.8 Å². The number of carbonyl (C=O) groups is 1. The van der Waals surface area contributed by atoms with Crippen molar-refractivity contribution >= 4 is 38.9 Å². The first-order chi connectivity index (χ1) is 18.0. The number of rotatable bonds is 9. The fraction of sp³-hybridized carbons (Fsp3) is 0.417. The standard InChI is InChI=1S/C24H31N7O6S/c1-15(32)14-37-17-9-22(28-23(10-17)38(4,34)35)27-19-11-21(26-16(2)33)25-13-18(19)20-12-24(30(3)29-20)31-5-7-36-8-6-31/h9-13,15,32H,5-8,14H2,1-4H3,(H2,25,26,27,28,33). The number of hydrogen-bond donors (Lipinski definition) is 3. The van der Waals surface area contributed by atoms with Crippen LogP contribution in [0.4, 0.5) is 23.1 Å². The number of carbonyl (C=O) groups excluding carboxylic acids is 1. The van der Waals surface area contributed by atoms with Crippen LogP contribution in [0.5, 0.6) is 5.75 Å². The van der Waals surface area contributed by atoms with Gasteiger partial charge in [0.05, 0.1) is 30.7 Å². The highest BCUT2D eigenvalue weighted by Crippen LogP contribution is 2.34. The van der Waals surface area contributed by atoms with Crippen molar-refractivity contribution in [2.75, 3.05) is 54.7 Å². The Bertz CT molecular complexity index is 1420. The first-order valence-corrected chi connectivity index (χ1v) is 13.8. The summed E-state index contributed by atoms with van der Waals surface area (Å²) in [6.45, 7) is 5.63. The van der Waals surface area contributed by atoms with Crippen LogP contribution in [0.25, 0.3) is 11.3 Å². The molecule has 1 fully saturated rings. The number of sulfone groups is 1. The Balaban J connectivity index is 1.76.